The van der Waals surface area contributed by atoms with Gasteiger partial charge in [-0.1, -0.05) is 76.6 Å². The number of esters is 2. The molecule has 33 heavy (non-hydrogen) atoms. The lowest BCUT2D eigenvalue weighted by Gasteiger charge is -2.16. The second-order valence-corrected chi connectivity index (χ2v) is 8.46. The van der Waals surface area contributed by atoms with Gasteiger partial charge in [0, 0.05) is 34.4 Å². The number of benzene rings is 3. The summed E-state index contributed by atoms with van der Waals surface area (Å²) in [5.41, 5.74) is 0. The summed E-state index contributed by atoms with van der Waals surface area (Å²) >= 11 is 0. The quantitative estimate of drug-likeness (QED) is 0.121. The first kappa shape index (κ1) is 24.7. The van der Waals surface area contributed by atoms with E-state index in [0.29, 0.717) is 45.9 Å². The summed E-state index contributed by atoms with van der Waals surface area (Å²) in [4.78, 5) is 25.2. The molecule has 4 nitrogen and oxygen atoms in total. The minimum Gasteiger partial charge on any atom is -0.425 e. The van der Waals surface area contributed by atoms with E-state index in [1.807, 2.05) is 18.2 Å². The normalized spacial score (nSPS) is 11.1. The number of carbonyl (C=O) groups excluding carboxylic acids is 2. The molecule has 0 atom stereocenters. The lowest BCUT2D eigenvalue weighted by Crippen LogP contribution is -2.11. The van der Waals surface area contributed by atoms with Crippen LogP contribution < -0.4 is 9.47 Å². The van der Waals surface area contributed by atoms with Crippen LogP contribution in [0.3, 0.4) is 0 Å². The average Bonchev–Trinajstić information content (AvgIpc) is 2.81. The molecule has 0 radical (unpaired) electrons. The van der Waals surface area contributed by atoms with Gasteiger partial charge in [0.1, 0.15) is 17.3 Å². The fourth-order valence-corrected chi connectivity index (χ4v) is 4.01. The van der Waals surface area contributed by atoms with E-state index in [9.17, 15) is 14.0 Å². The summed E-state index contributed by atoms with van der Waals surface area (Å²) in [5.74, 6) is -0.424. The van der Waals surface area contributed by atoms with E-state index in [-0.39, 0.29) is 11.9 Å². The maximum atomic E-state index is 14.2. The van der Waals surface area contributed by atoms with Gasteiger partial charge in [0.05, 0.1) is 0 Å². The van der Waals surface area contributed by atoms with Crippen molar-refractivity contribution >= 4 is 33.5 Å². The van der Waals surface area contributed by atoms with Crippen LogP contribution in [0.4, 0.5) is 4.39 Å². The van der Waals surface area contributed by atoms with Gasteiger partial charge in [-0.2, -0.15) is 0 Å². The van der Waals surface area contributed by atoms with Crippen molar-refractivity contribution in [3.8, 4) is 11.5 Å². The predicted molar refractivity (Wildman–Crippen MR) is 130 cm³/mol. The van der Waals surface area contributed by atoms with E-state index >= 15 is 0 Å². The number of unbranched alkanes of at least 4 members (excludes halogenated alkanes) is 6. The highest BCUT2D eigenvalue weighted by Gasteiger charge is 2.20. The lowest BCUT2D eigenvalue weighted by molar-refractivity contribution is -0.135. The highest BCUT2D eigenvalue weighted by Crippen LogP contribution is 2.43. The first-order valence-corrected chi connectivity index (χ1v) is 12.1. The number of hydrogen-bond acceptors (Lipinski definition) is 4. The fraction of sp³-hybridized carbons (Fsp3) is 0.429. The molecule has 0 bridgehead atoms. The Balaban J connectivity index is 1.97. The summed E-state index contributed by atoms with van der Waals surface area (Å²) in [6.45, 7) is 4.24. The van der Waals surface area contributed by atoms with Gasteiger partial charge >= 0.3 is 11.9 Å². The molecule has 0 unspecified atom stereocenters. The van der Waals surface area contributed by atoms with Gasteiger partial charge < -0.3 is 9.47 Å². The van der Waals surface area contributed by atoms with Crippen molar-refractivity contribution in [2.24, 2.45) is 0 Å². The number of ether oxygens (including phenoxy) is 2. The van der Waals surface area contributed by atoms with E-state index < -0.39 is 5.82 Å². The van der Waals surface area contributed by atoms with Crippen LogP contribution in [-0.4, -0.2) is 11.9 Å². The first-order valence-electron chi connectivity index (χ1n) is 12.1. The standard InChI is InChI=1S/C28H33FO4/c1-3-5-7-9-15-25(30)32-27-21-13-11-12-14-22(21)28(24-19-20(29)17-18-23(24)27)33-26(31)16-10-8-6-4-2/h11-14,17-19H,3-10,15-16H2,1-2H3. The Morgan fingerprint density at radius 2 is 1.15 bits per heavy atom. The minimum atomic E-state index is -0.449. The maximum absolute atomic E-state index is 14.2. The van der Waals surface area contributed by atoms with Crippen LogP contribution in [0.25, 0.3) is 21.5 Å². The SMILES string of the molecule is CCCCCCC(=O)Oc1c2ccccc2c(OC(=O)CCCCCC)c2cc(F)ccc12. The monoisotopic (exact) mass is 452 g/mol. The summed E-state index contributed by atoms with van der Waals surface area (Å²) < 4.78 is 25.8. The second kappa shape index (κ2) is 12.3. The summed E-state index contributed by atoms with van der Waals surface area (Å²) in [6, 6.07) is 11.5. The van der Waals surface area contributed by atoms with Crippen molar-refractivity contribution in [2.45, 2.75) is 78.1 Å². The summed E-state index contributed by atoms with van der Waals surface area (Å²) in [6.07, 6.45) is 8.43. The molecule has 0 amide bonds. The van der Waals surface area contributed by atoms with E-state index in [1.165, 1.54) is 12.1 Å². The fourth-order valence-electron chi connectivity index (χ4n) is 4.01. The Hall–Kier alpha value is -2.95. The van der Waals surface area contributed by atoms with Crippen LogP contribution in [0.15, 0.2) is 42.5 Å². The second-order valence-electron chi connectivity index (χ2n) is 8.46. The number of carbonyl (C=O) groups is 2. The molecule has 0 spiro atoms. The molecule has 3 rings (SSSR count). The third kappa shape index (κ3) is 6.53. The highest BCUT2D eigenvalue weighted by molar-refractivity contribution is 6.12. The summed E-state index contributed by atoms with van der Waals surface area (Å²) in [5, 5.41) is 2.24. The number of rotatable bonds is 12. The molecule has 0 N–H and O–H groups in total. The molecule has 5 heteroatoms. The van der Waals surface area contributed by atoms with Gasteiger partial charge in [-0.05, 0) is 31.0 Å². The minimum absolute atomic E-state index is 0.305. The smallest absolute Gasteiger partial charge is 0.311 e. The molecular weight excluding hydrogens is 419 g/mol. The zero-order chi connectivity index (χ0) is 23.6. The number of hydrogen-bond donors (Lipinski definition) is 0. The van der Waals surface area contributed by atoms with Crippen LogP contribution in [-0.2, 0) is 9.59 Å². The Bertz CT molecular complexity index is 1110. The van der Waals surface area contributed by atoms with Gasteiger partial charge in [-0.3, -0.25) is 9.59 Å². The zero-order valence-electron chi connectivity index (χ0n) is 19.6. The van der Waals surface area contributed by atoms with Gasteiger partial charge in [-0.25, -0.2) is 4.39 Å². The van der Waals surface area contributed by atoms with Crippen LogP contribution in [0.5, 0.6) is 11.5 Å². The Morgan fingerprint density at radius 1 is 0.667 bits per heavy atom. The molecule has 0 saturated heterocycles. The van der Waals surface area contributed by atoms with Gasteiger partial charge in [0.25, 0.3) is 0 Å². The van der Waals surface area contributed by atoms with E-state index in [0.717, 1.165) is 51.4 Å². The number of halogens is 1. The molecule has 0 aliphatic rings. The van der Waals surface area contributed by atoms with Crippen molar-refractivity contribution in [1.82, 2.24) is 0 Å². The van der Waals surface area contributed by atoms with Crippen LogP contribution in [0.1, 0.15) is 78.1 Å². The molecule has 0 heterocycles. The molecule has 0 aromatic heterocycles. The van der Waals surface area contributed by atoms with E-state index in [4.69, 9.17) is 9.47 Å². The Morgan fingerprint density at radius 3 is 1.67 bits per heavy atom. The van der Waals surface area contributed by atoms with Crippen molar-refractivity contribution in [1.29, 1.82) is 0 Å². The Labute approximate surface area is 195 Å². The third-order valence-electron chi connectivity index (χ3n) is 5.79. The molecule has 3 aromatic carbocycles. The molecule has 0 aliphatic heterocycles. The van der Waals surface area contributed by atoms with E-state index in [1.54, 1.807) is 12.1 Å². The highest BCUT2D eigenvalue weighted by atomic mass is 19.1. The van der Waals surface area contributed by atoms with Gasteiger partial charge in [0.15, 0.2) is 0 Å². The van der Waals surface area contributed by atoms with Crippen LogP contribution in [0.2, 0.25) is 0 Å². The molecule has 0 saturated carbocycles. The maximum Gasteiger partial charge on any atom is 0.311 e. The molecule has 176 valence electrons. The van der Waals surface area contributed by atoms with Crippen molar-refractivity contribution in [3.63, 3.8) is 0 Å². The Kier molecular flexibility index (Phi) is 9.23. The van der Waals surface area contributed by atoms with E-state index in [2.05, 4.69) is 13.8 Å². The molecule has 3 aromatic rings. The molecule has 0 aliphatic carbocycles. The largest absolute Gasteiger partial charge is 0.425 e. The average molecular weight is 453 g/mol. The van der Waals surface area contributed by atoms with Crippen molar-refractivity contribution in [2.75, 3.05) is 0 Å². The zero-order valence-corrected chi connectivity index (χ0v) is 19.6. The van der Waals surface area contributed by atoms with Gasteiger partial charge in [-0.15, -0.1) is 0 Å². The molecule has 0 fully saturated rings. The predicted octanol–water partition coefficient (Wildman–Crippen LogP) is 7.88. The van der Waals surface area contributed by atoms with Crippen molar-refractivity contribution in [3.05, 3.63) is 48.3 Å². The van der Waals surface area contributed by atoms with Crippen LogP contribution >= 0.6 is 0 Å². The number of fused-ring (bicyclic) bond motifs is 2. The topological polar surface area (TPSA) is 52.6 Å². The summed E-state index contributed by atoms with van der Waals surface area (Å²) in [7, 11) is 0. The third-order valence-corrected chi connectivity index (χ3v) is 5.79. The molecular formula is C28H33FO4. The van der Waals surface area contributed by atoms with Crippen LogP contribution in [0, 0.1) is 5.82 Å². The lowest BCUT2D eigenvalue weighted by atomic mass is 10.00. The van der Waals surface area contributed by atoms with Crippen molar-refractivity contribution < 1.29 is 23.5 Å². The van der Waals surface area contributed by atoms with Gasteiger partial charge in [0.2, 0.25) is 0 Å². The first-order chi connectivity index (χ1) is 16.0.